The van der Waals surface area contributed by atoms with Crippen LogP contribution in [0.4, 0.5) is 0 Å². The van der Waals surface area contributed by atoms with Gasteiger partial charge in [-0.2, -0.15) is 0 Å². The van der Waals surface area contributed by atoms with Gasteiger partial charge in [-0.15, -0.1) is 0 Å². The molecule has 106 valence electrons. The zero-order valence-electron chi connectivity index (χ0n) is 11.9. The van der Waals surface area contributed by atoms with Crippen LogP contribution in [0, 0.1) is 6.92 Å². The van der Waals surface area contributed by atoms with Gasteiger partial charge in [-0.1, -0.05) is 48.0 Å². The van der Waals surface area contributed by atoms with Crippen molar-refractivity contribution in [3.63, 3.8) is 0 Å². The van der Waals surface area contributed by atoms with Crippen LogP contribution in [0.15, 0.2) is 42.5 Å². The summed E-state index contributed by atoms with van der Waals surface area (Å²) in [5.74, 6) is 0.171. The summed E-state index contributed by atoms with van der Waals surface area (Å²) in [7, 11) is 0. The smallest absolute Gasteiger partial charge is 0.138 e. The molecule has 2 aromatic rings. The van der Waals surface area contributed by atoms with Gasteiger partial charge in [0.2, 0.25) is 0 Å². The van der Waals surface area contributed by atoms with Crippen LogP contribution in [-0.2, 0) is 13.0 Å². The Kier molecular flexibility index (Phi) is 5.05. The minimum Gasteiger partial charge on any atom is -0.506 e. The summed E-state index contributed by atoms with van der Waals surface area (Å²) in [4.78, 5) is 0. The average Bonchev–Trinajstić information content (AvgIpc) is 2.43. The minimum absolute atomic E-state index is 0.171. The molecule has 2 aromatic carbocycles. The summed E-state index contributed by atoms with van der Waals surface area (Å²) in [6.07, 6.45) is 0.966. The first-order valence-corrected chi connectivity index (χ1v) is 7.20. The van der Waals surface area contributed by atoms with Crippen LogP contribution < -0.4 is 5.32 Å². The third-order valence-electron chi connectivity index (χ3n) is 3.50. The highest BCUT2D eigenvalue weighted by Crippen LogP contribution is 2.26. The van der Waals surface area contributed by atoms with Crippen molar-refractivity contribution in [1.29, 1.82) is 0 Å². The van der Waals surface area contributed by atoms with E-state index in [1.807, 2.05) is 12.1 Å². The van der Waals surface area contributed by atoms with Gasteiger partial charge in [0, 0.05) is 18.2 Å². The van der Waals surface area contributed by atoms with Crippen molar-refractivity contribution in [1.82, 2.24) is 5.32 Å². The fourth-order valence-electron chi connectivity index (χ4n) is 2.23. The van der Waals surface area contributed by atoms with E-state index in [4.69, 9.17) is 11.6 Å². The molecule has 2 N–H and O–H groups in total. The van der Waals surface area contributed by atoms with Crippen LogP contribution >= 0.6 is 11.6 Å². The number of nitrogens with one attached hydrogen (secondary N) is 1. The maximum Gasteiger partial charge on any atom is 0.138 e. The Balaban J connectivity index is 1.94. The summed E-state index contributed by atoms with van der Waals surface area (Å²) in [6, 6.07) is 14.2. The number of hydrogen-bond acceptors (Lipinski definition) is 2. The quantitative estimate of drug-likeness (QED) is 0.869. The first kappa shape index (κ1) is 14.9. The lowest BCUT2D eigenvalue weighted by atomic mass is 10.0. The van der Waals surface area contributed by atoms with Crippen LogP contribution in [0.2, 0.25) is 5.02 Å². The molecule has 1 atom stereocenters. The second-order valence-corrected chi connectivity index (χ2v) is 5.57. The fraction of sp³-hybridized carbons (Fsp3) is 0.294. The Hall–Kier alpha value is -1.51. The highest BCUT2D eigenvalue weighted by Gasteiger charge is 2.08. The highest BCUT2D eigenvalue weighted by molar-refractivity contribution is 6.32. The molecule has 0 bridgehead atoms. The van der Waals surface area contributed by atoms with Gasteiger partial charge in [-0.25, -0.2) is 0 Å². The average molecular weight is 290 g/mol. The van der Waals surface area contributed by atoms with E-state index in [1.165, 1.54) is 11.1 Å². The van der Waals surface area contributed by atoms with E-state index in [0.717, 1.165) is 12.0 Å². The molecule has 0 saturated carbocycles. The van der Waals surface area contributed by atoms with Crippen molar-refractivity contribution in [2.75, 3.05) is 0 Å². The van der Waals surface area contributed by atoms with Crippen LogP contribution in [0.25, 0.3) is 0 Å². The van der Waals surface area contributed by atoms with Crippen molar-refractivity contribution >= 4 is 11.6 Å². The number of benzene rings is 2. The SMILES string of the molecule is Cc1ccccc1CC(C)NCc1cccc(Cl)c1O. The number of hydrogen-bond donors (Lipinski definition) is 2. The molecule has 2 nitrogen and oxygen atoms in total. The Morgan fingerprint density at radius 1 is 1.10 bits per heavy atom. The number of aromatic hydroxyl groups is 1. The number of para-hydroxylation sites is 1. The Bertz CT molecular complexity index is 583. The van der Waals surface area contributed by atoms with Crippen LogP contribution in [-0.4, -0.2) is 11.1 Å². The zero-order valence-corrected chi connectivity index (χ0v) is 12.6. The predicted octanol–water partition coefficient (Wildman–Crippen LogP) is 4.07. The predicted molar refractivity (Wildman–Crippen MR) is 84.3 cm³/mol. The molecule has 0 amide bonds. The molecular formula is C17H20ClNO. The second kappa shape index (κ2) is 6.78. The molecule has 1 unspecified atom stereocenters. The molecule has 0 heterocycles. The Morgan fingerprint density at radius 3 is 2.55 bits per heavy atom. The van der Waals surface area contributed by atoms with E-state index < -0.39 is 0 Å². The summed E-state index contributed by atoms with van der Waals surface area (Å²) in [5.41, 5.74) is 3.49. The normalized spacial score (nSPS) is 12.3. The molecule has 0 fully saturated rings. The maximum atomic E-state index is 9.87. The molecule has 0 radical (unpaired) electrons. The van der Waals surface area contributed by atoms with Gasteiger partial charge in [0.1, 0.15) is 5.75 Å². The lowest BCUT2D eigenvalue weighted by Gasteiger charge is -2.16. The largest absolute Gasteiger partial charge is 0.506 e. The van der Waals surface area contributed by atoms with E-state index in [1.54, 1.807) is 6.07 Å². The first-order valence-electron chi connectivity index (χ1n) is 6.82. The lowest BCUT2D eigenvalue weighted by Crippen LogP contribution is -2.27. The van der Waals surface area contributed by atoms with Gasteiger partial charge < -0.3 is 10.4 Å². The topological polar surface area (TPSA) is 32.3 Å². The number of phenolic OH excluding ortho intramolecular Hbond substituents is 1. The Labute approximate surface area is 125 Å². The van der Waals surface area contributed by atoms with Crippen LogP contribution in [0.5, 0.6) is 5.75 Å². The third-order valence-corrected chi connectivity index (χ3v) is 3.80. The minimum atomic E-state index is 0.171. The summed E-state index contributed by atoms with van der Waals surface area (Å²) >= 11 is 5.90. The van der Waals surface area contributed by atoms with E-state index in [2.05, 4.69) is 43.4 Å². The molecule has 2 rings (SSSR count). The van der Waals surface area contributed by atoms with Crippen molar-refractivity contribution in [2.45, 2.75) is 32.9 Å². The van der Waals surface area contributed by atoms with E-state index in [9.17, 15) is 5.11 Å². The molecule has 0 aliphatic rings. The van der Waals surface area contributed by atoms with E-state index >= 15 is 0 Å². The molecule has 3 heteroatoms. The standard InChI is InChI=1S/C17H20ClNO/c1-12-6-3-4-7-14(12)10-13(2)19-11-15-8-5-9-16(18)17(15)20/h3-9,13,19-20H,10-11H2,1-2H3. The third kappa shape index (κ3) is 3.75. The van der Waals surface area contributed by atoms with E-state index in [0.29, 0.717) is 17.6 Å². The fourth-order valence-corrected chi connectivity index (χ4v) is 2.42. The van der Waals surface area contributed by atoms with Crippen LogP contribution in [0.3, 0.4) is 0 Å². The van der Waals surface area contributed by atoms with Crippen molar-refractivity contribution in [3.05, 3.63) is 64.2 Å². The van der Waals surface area contributed by atoms with Gasteiger partial charge in [0.15, 0.2) is 0 Å². The monoisotopic (exact) mass is 289 g/mol. The maximum absolute atomic E-state index is 9.87. The molecular weight excluding hydrogens is 270 g/mol. The van der Waals surface area contributed by atoms with Gasteiger partial charge in [-0.05, 0) is 37.5 Å². The summed E-state index contributed by atoms with van der Waals surface area (Å²) in [6.45, 7) is 4.89. The van der Waals surface area contributed by atoms with E-state index in [-0.39, 0.29) is 5.75 Å². The number of aryl methyl sites for hydroxylation is 1. The number of rotatable bonds is 5. The molecule has 20 heavy (non-hydrogen) atoms. The summed E-state index contributed by atoms with van der Waals surface area (Å²) < 4.78 is 0. The number of phenols is 1. The Morgan fingerprint density at radius 2 is 1.80 bits per heavy atom. The molecule has 0 spiro atoms. The van der Waals surface area contributed by atoms with Crippen molar-refractivity contribution < 1.29 is 5.11 Å². The second-order valence-electron chi connectivity index (χ2n) is 5.16. The van der Waals surface area contributed by atoms with Gasteiger partial charge >= 0.3 is 0 Å². The highest BCUT2D eigenvalue weighted by atomic mass is 35.5. The molecule has 0 aromatic heterocycles. The first-order chi connectivity index (χ1) is 9.58. The molecule has 0 saturated heterocycles. The zero-order chi connectivity index (χ0) is 14.5. The molecule has 0 aliphatic carbocycles. The summed E-state index contributed by atoms with van der Waals surface area (Å²) in [5, 5.41) is 13.7. The lowest BCUT2D eigenvalue weighted by molar-refractivity contribution is 0.459. The van der Waals surface area contributed by atoms with Crippen molar-refractivity contribution in [3.8, 4) is 5.75 Å². The molecule has 0 aliphatic heterocycles. The van der Waals surface area contributed by atoms with Crippen LogP contribution in [0.1, 0.15) is 23.6 Å². The van der Waals surface area contributed by atoms with Gasteiger partial charge in [0.25, 0.3) is 0 Å². The number of halogens is 1. The van der Waals surface area contributed by atoms with Gasteiger partial charge in [-0.3, -0.25) is 0 Å². The van der Waals surface area contributed by atoms with Crippen molar-refractivity contribution in [2.24, 2.45) is 0 Å². The van der Waals surface area contributed by atoms with Gasteiger partial charge in [0.05, 0.1) is 5.02 Å².